The summed E-state index contributed by atoms with van der Waals surface area (Å²) in [4.78, 5) is 0. The topological polar surface area (TPSA) is 17.0 Å². The molecule has 0 aliphatic rings. The Morgan fingerprint density at radius 1 is 0.600 bits per heavy atom. The van der Waals surface area contributed by atoms with Crippen LogP contribution < -0.4 is 4.57 Å². The molecule has 166 valence electrons. The number of nitrogens with zero attached hydrogens (tertiary/aromatic N) is 1. The molecule has 0 saturated heterocycles. The quantitative estimate of drug-likeness (QED) is 0.191. The average molecular weight is 451 g/mol. The van der Waals surface area contributed by atoms with Crippen LogP contribution in [0.4, 0.5) is 0 Å². The minimum absolute atomic E-state index is 0.928. The van der Waals surface area contributed by atoms with E-state index in [2.05, 4.69) is 128 Å². The molecule has 0 N–H and O–H groups in total. The van der Waals surface area contributed by atoms with Crippen LogP contribution in [0.5, 0.6) is 0 Å². The molecule has 2 heterocycles. The normalized spacial score (nSPS) is 11.7. The lowest BCUT2D eigenvalue weighted by Crippen LogP contribution is -2.30. The van der Waals surface area contributed by atoms with E-state index < -0.39 is 0 Å². The fraction of sp³-hybridized carbons (Fsp3) is 0.0606. The third-order valence-corrected chi connectivity index (χ3v) is 7.31. The van der Waals surface area contributed by atoms with Crippen LogP contribution in [0.3, 0.4) is 0 Å². The van der Waals surface area contributed by atoms with Gasteiger partial charge >= 0.3 is 0 Å². The van der Waals surface area contributed by atoms with Gasteiger partial charge < -0.3 is 4.42 Å². The molecule has 0 bridgehead atoms. The van der Waals surface area contributed by atoms with E-state index in [0.29, 0.717) is 0 Å². The summed E-state index contributed by atoms with van der Waals surface area (Å²) >= 11 is 0. The van der Waals surface area contributed by atoms with E-state index in [1.54, 1.807) is 0 Å². The standard InChI is InChI=1S/C33H24NO/c1-21-23(30-16-7-8-19-34(30)2)17-18-31-32(21)28-15-9-14-27(33(28)35-31)29-20-22-10-3-4-11-24(22)25-12-5-6-13-26(25)29/h3-20H,1-2H3/q+1. The Kier molecular flexibility index (Phi) is 4.31. The Morgan fingerprint density at radius 3 is 2.20 bits per heavy atom. The van der Waals surface area contributed by atoms with Crippen molar-refractivity contribution in [3.8, 4) is 22.4 Å². The van der Waals surface area contributed by atoms with Crippen LogP contribution in [-0.2, 0) is 7.05 Å². The first-order valence-corrected chi connectivity index (χ1v) is 12.0. The number of para-hydroxylation sites is 1. The molecule has 2 aromatic heterocycles. The Morgan fingerprint density at radius 2 is 1.34 bits per heavy atom. The highest BCUT2D eigenvalue weighted by Crippen LogP contribution is 2.42. The van der Waals surface area contributed by atoms with Crippen molar-refractivity contribution >= 4 is 43.5 Å². The Hall–Kier alpha value is -4.43. The van der Waals surface area contributed by atoms with Crippen LogP contribution in [0.25, 0.3) is 65.9 Å². The molecule has 0 amide bonds. The summed E-state index contributed by atoms with van der Waals surface area (Å²) in [5.74, 6) is 0. The maximum absolute atomic E-state index is 6.59. The summed E-state index contributed by atoms with van der Waals surface area (Å²) in [6.07, 6.45) is 2.09. The number of fused-ring (bicyclic) bond motifs is 6. The van der Waals surface area contributed by atoms with Gasteiger partial charge in [0.05, 0.1) is 0 Å². The van der Waals surface area contributed by atoms with E-state index >= 15 is 0 Å². The summed E-state index contributed by atoms with van der Waals surface area (Å²) in [7, 11) is 2.09. The molecule has 7 aromatic rings. The molecule has 2 nitrogen and oxygen atoms in total. The number of benzene rings is 5. The zero-order valence-electron chi connectivity index (χ0n) is 19.7. The number of pyridine rings is 1. The number of furan rings is 1. The molecule has 0 spiro atoms. The van der Waals surface area contributed by atoms with E-state index in [-0.39, 0.29) is 0 Å². The van der Waals surface area contributed by atoms with Crippen molar-refractivity contribution < 1.29 is 8.98 Å². The van der Waals surface area contributed by atoms with Gasteiger partial charge in [0.2, 0.25) is 5.69 Å². The lowest BCUT2D eigenvalue weighted by molar-refractivity contribution is -0.660. The van der Waals surface area contributed by atoms with Gasteiger partial charge in [-0.3, -0.25) is 0 Å². The molecule has 7 rings (SSSR count). The summed E-state index contributed by atoms with van der Waals surface area (Å²) < 4.78 is 8.76. The van der Waals surface area contributed by atoms with Crippen LogP contribution in [0.2, 0.25) is 0 Å². The third kappa shape index (κ3) is 2.93. The largest absolute Gasteiger partial charge is 0.455 e. The van der Waals surface area contributed by atoms with Gasteiger partial charge in [-0.2, -0.15) is 0 Å². The van der Waals surface area contributed by atoms with E-state index in [1.165, 1.54) is 49.3 Å². The minimum Gasteiger partial charge on any atom is -0.455 e. The SMILES string of the molecule is Cc1c(-c2cccc[n+]2C)ccc2oc3c(-c4cc5ccccc5c5ccccc45)cccc3c12. The molecular formula is C33H24NO+. The van der Waals surface area contributed by atoms with Crippen LogP contribution in [0.1, 0.15) is 5.56 Å². The molecule has 0 aliphatic carbocycles. The Bertz CT molecular complexity index is 1930. The second kappa shape index (κ2) is 7.54. The van der Waals surface area contributed by atoms with Crippen molar-refractivity contribution in [2.75, 3.05) is 0 Å². The summed E-state index contributed by atoms with van der Waals surface area (Å²) in [6.45, 7) is 2.21. The molecule has 35 heavy (non-hydrogen) atoms. The number of hydrogen-bond donors (Lipinski definition) is 0. The molecule has 0 saturated carbocycles. The molecule has 0 unspecified atom stereocenters. The van der Waals surface area contributed by atoms with Gasteiger partial charge in [-0.15, -0.1) is 0 Å². The predicted octanol–water partition coefficient (Wildman–Crippen LogP) is 8.36. The number of rotatable bonds is 2. The molecule has 0 atom stereocenters. The maximum atomic E-state index is 6.59. The van der Waals surface area contributed by atoms with Gasteiger partial charge in [-0.1, -0.05) is 66.7 Å². The van der Waals surface area contributed by atoms with Gasteiger partial charge in [0.1, 0.15) is 18.2 Å². The van der Waals surface area contributed by atoms with Gasteiger partial charge in [0.15, 0.2) is 6.20 Å². The van der Waals surface area contributed by atoms with Crippen molar-refractivity contribution in [1.29, 1.82) is 0 Å². The first-order valence-electron chi connectivity index (χ1n) is 12.0. The first-order chi connectivity index (χ1) is 17.2. The van der Waals surface area contributed by atoms with Crippen LogP contribution in [0, 0.1) is 6.92 Å². The average Bonchev–Trinajstić information content (AvgIpc) is 3.29. The smallest absolute Gasteiger partial charge is 0.212 e. The lowest BCUT2D eigenvalue weighted by atomic mass is 9.92. The van der Waals surface area contributed by atoms with Gasteiger partial charge in [0.25, 0.3) is 0 Å². The van der Waals surface area contributed by atoms with Gasteiger partial charge in [-0.25, -0.2) is 4.57 Å². The van der Waals surface area contributed by atoms with Crippen LogP contribution in [-0.4, -0.2) is 0 Å². The third-order valence-electron chi connectivity index (χ3n) is 7.31. The van der Waals surface area contributed by atoms with E-state index in [4.69, 9.17) is 4.42 Å². The van der Waals surface area contributed by atoms with Crippen molar-refractivity contribution in [2.24, 2.45) is 7.05 Å². The van der Waals surface area contributed by atoms with Crippen molar-refractivity contribution in [2.45, 2.75) is 6.92 Å². The predicted molar refractivity (Wildman–Crippen MR) is 146 cm³/mol. The lowest BCUT2D eigenvalue weighted by Gasteiger charge is -2.11. The zero-order chi connectivity index (χ0) is 23.5. The van der Waals surface area contributed by atoms with Crippen molar-refractivity contribution in [3.63, 3.8) is 0 Å². The highest BCUT2D eigenvalue weighted by Gasteiger charge is 2.20. The highest BCUT2D eigenvalue weighted by atomic mass is 16.3. The zero-order valence-corrected chi connectivity index (χ0v) is 19.7. The van der Waals surface area contributed by atoms with E-state index in [0.717, 1.165) is 22.1 Å². The van der Waals surface area contributed by atoms with Crippen LogP contribution >= 0.6 is 0 Å². The molecule has 5 aromatic carbocycles. The Balaban J connectivity index is 1.56. The second-order valence-electron chi connectivity index (χ2n) is 9.28. The fourth-order valence-corrected chi connectivity index (χ4v) is 5.63. The van der Waals surface area contributed by atoms with E-state index in [9.17, 15) is 0 Å². The fourth-order valence-electron chi connectivity index (χ4n) is 5.63. The van der Waals surface area contributed by atoms with Crippen molar-refractivity contribution in [3.05, 3.63) is 115 Å². The van der Waals surface area contributed by atoms with Gasteiger partial charge in [0, 0.05) is 34.0 Å². The Labute approximate surface area is 203 Å². The first kappa shape index (κ1) is 20.0. The molecule has 0 aliphatic heterocycles. The van der Waals surface area contributed by atoms with Gasteiger partial charge in [-0.05, 0) is 63.9 Å². The molecular weight excluding hydrogens is 426 g/mol. The molecule has 2 heteroatoms. The summed E-state index contributed by atoms with van der Waals surface area (Å²) in [5, 5.41) is 7.38. The minimum atomic E-state index is 0.928. The summed E-state index contributed by atoms with van der Waals surface area (Å²) in [5.41, 5.74) is 7.87. The van der Waals surface area contributed by atoms with Crippen molar-refractivity contribution in [1.82, 2.24) is 0 Å². The second-order valence-corrected chi connectivity index (χ2v) is 9.28. The van der Waals surface area contributed by atoms with Crippen LogP contribution in [0.15, 0.2) is 114 Å². The van der Waals surface area contributed by atoms with E-state index in [1.807, 2.05) is 0 Å². The number of aromatic nitrogens is 1. The summed E-state index contributed by atoms with van der Waals surface area (Å²) in [6, 6.07) is 36.8. The molecule has 0 fully saturated rings. The number of aryl methyl sites for hydroxylation is 2. The highest BCUT2D eigenvalue weighted by molar-refractivity contribution is 6.18. The number of hydrogen-bond acceptors (Lipinski definition) is 1. The maximum Gasteiger partial charge on any atom is 0.212 e. The molecule has 0 radical (unpaired) electrons. The monoisotopic (exact) mass is 450 g/mol.